The molecule has 0 spiro atoms. The molecule has 4 heteroatoms. The van der Waals surface area contributed by atoms with Crippen LogP contribution in [0.3, 0.4) is 0 Å². The second-order valence-electron chi connectivity index (χ2n) is 6.27. The zero-order valence-corrected chi connectivity index (χ0v) is 16.1. The molecule has 0 unspecified atom stereocenters. The summed E-state index contributed by atoms with van der Waals surface area (Å²) in [4.78, 5) is 14.7. The Morgan fingerprint density at radius 1 is 0.852 bits per heavy atom. The molecule has 27 heavy (non-hydrogen) atoms. The van der Waals surface area contributed by atoms with Crippen molar-refractivity contribution in [2.45, 2.75) is 12.1 Å². The average Bonchev–Trinajstić information content (AvgIpc) is 2.72. The first-order valence-electron chi connectivity index (χ1n) is 8.76. The molecule has 3 aromatic carbocycles. The summed E-state index contributed by atoms with van der Waals surface area (Å²) in [6.45, 7) is 0. The number of hydrogen-bond donors (Lipinski definition) is 0. The smallest absolute Gasteiger partial charge is 0.271 e. The molecule has 0 aliphatic carbocycles. The van der Waals surface area contributed by atoms with Gasteiger partial charge in [-0.15, -0.1) is 0 Å². The number of hydrogen-bond acceptors (Lipinski definition) is 2. The second kappa shape index (κ2) is 7.80. The fourth-order valence-electron chi connectivity index (χ4n) is 3.14. The van der Waals surface area contributed by atoms with Gasteiger partial charge in [-0.1, -0.05) is 72.8 Å². The third-order valence-corrected chi connectivity index (χ3v) is 5.16. The van der Waals surface area contributed by atoms with Gasteiger partial charge < -0.3 is 4.74 Å². The van der Waals surface area contributed by atoms with E-state index in [1.54, 1.807) is 4.90 Å². The Balaban J connectivity index is 1.64. The Hall–Kier alpha value is -2.85. The third kappa shape index (κ3) is 3.67. The molecule has 3 nitrogen and oxygen atoms in total. The van der Waals surface area contributed by atoms with Crippen LogP contribution in [0.4, 0.5) is 5.69 Å². The van der Waals surface area contributed by atoms with Crippen molar-refractivity contribution in [2.24, 2.45) is 0 Å². The molecule has 2 atom stereocenters. The molecular formula is C23H18BrNO2. The maximum absolute atomic E-state index is 12.9. The number of nitrogens with zero attached hydrogens (tertiary/aromatic N) is 1. The average molecular weight is 420 g/mol. The minimum Gasteiger partial charge on any atom is -0.478 e. The lowest BCUT2D eigenvalue weighted by Gasteiger charge is -2.45. The molecule has 0 aromatic heterocycles. The highest BCUT2D eigenvalue weighted by atomic mass is 79.9. The van der Waals surface area contributed by atoms with Crippen LogP contribution in [0.15, 0.2) is 95.5 Å². The van der Waals surface area contributed by atoms with Gasteiger partial charge in [0.05, 0.1) is 5.69 Å². The van der Waals surface area contributed by atoms with Gasteiger partial charge >= 0.3 is 0 Å². The number of anilines is 1. The van der Waals surface area contributed by atoms with E-state index in [1.807, 2.05) is 97.1 Å². The fourth-order valence-corrected chi connectivity index (χ4v) is 3.61. The van der Waals surface area contributed by atoms with E-state index in [1.165, 1.54) is 0 Å². The van der Waals surface area contributed by atoms with E-state index in [-0.39, 0.29) is 11.9 Å². The Morgan fingerprint density at radius 3 is 2.19 bits per heavy atom. The first-order valence-corrected chi connectivity index (χ1v) is 9.56. The number of carbonyl (C=O) groups excluding carboxylic acids is 1. The maximum Gasteiger partial charge on any atom is 0.271 e. The standard InChI is InChI=1S/C23H18BrNO2/c24-19-13-7-8-14-20(19)25-21(16-15-17-9-3-1-4-10-17)22(23(25)26)27-18-11-5-2-6-12-18/h1-16,21-22H/b16-15+/t21-,22+/m0/s1. The Kier molecular flexibility index (Phi) is 5.07. The van der Waals surface area contributed by atoms with Gasteiger partial charge in [0.15, 0.2) is 0 Å². The summed E-state index contributed by atoms with van der Waals surface area (Å²) < 4.78 is 6.88. The Bertz CT molecular complexity index is 956. The minimum absolute atomic E-state index is 0.0477. The van der Waals surface area contributed by atoms with Crippen LogP contribution in [0.1, 0.15) is 5.56 Å². The van der Waals surface area contributed by atoms with Gasteiger partial charge in [-0.05, 0) is 45.8 Å². The number of amides is 1. The minimum atomic E-state index is -0.542. The first kappa shape index (κ1) is 17.6. The van der Waals surface area contributed by atoms with Gasteiger partial charge in [-0.25, -0.2) is 0 Å². The third-order valence-electron chi connectivity index (χ3n) is 4.49. The summed E-state index contributed by atoms with van der Waals surface area (Å²) in [5.41, 5.74) is 1.93. The molecular weight excluding hydrogens is 402 g/mol. The molecule has 1 saturated heterocycles. The summed E-state index contributed by atoms with van der Waals surface area (Å²) >= 11 is 3.55. The van der Waals surface area contributed by atoms with Crippen molar-refractivity contribution in [3.63, 3.8) is 0 Å². The predicted molar refractivity (Wildman–Crippen MR) is 112 cm³/mol. The van der Waals surface area contributed by atoms with Crippen LogP contribution >= 0.6 is 15.9 Å². The van der Waals surface area contributed by atoms with Gasteiger partial charge in [0, 0.05) is 4.47 Å². The lowest BCUT2D eigenvalue weighted by atomic mass is 9.95. The van der Waals surface area contributed by atoms with Crippen molar-refractivity contribution < 1.29 is 9.53 Å². The van der Waals surface area contributed by atoms with Gasteiger partial charge in [0.1, 0.15) is 11.8 Å². The molecule has 1 heterocycles. The van der Waals surface area contributed by atoms with Gasteiger partial charge in [0.2, 0.25) is 6.10 Å². The molecule has 0 saturated carbocycles. The number of carbonyl (C=O) groups is 1. The lowest BCUT2D eigenvalue weighted by Crippen LogP contribution is -2.66. The van der Waals surface area contributed by atoms with Gasteiger partial charge in [0.25, 0.3) is 5.91 Å². The number of halogens is 1. The summed E-state index contributed by atoms with van der Waals surface area (Å²) in [7, 11) is 0. The van der Waals surface area contributed by atoms with Crippen LogP contribution in [-0.2, 0) is 4.79 Å². The van der Waals surface area contributed by atoms with Crippen molar-refractivity contribution >= 4 is 33.6 Å². The number of ether oxygens (including phenoxy) is 1. The van der Waals surface area contributed by atoms with Gasteiger partial charge in [-0.2, -0.15) is 0 Å². The molecule has 0 radical (unpaired) electrons. The highest BCUT2D eigenvalue weighted by molar-refractivity contribution is 9.10. The monoisotopic (exact) mass is 419 g/mol. The van der Waals surface area contributed by atoms with E-state index in [0.29, 0.717) is 5.75 Å². The topological polar surface area (TPSA) is 29.5 Å². The highest BCUT2D eigenvalue weighted by Crippen LogP contribution is 2.36. The van der Waals surface area contributed by atoms with E-state index in [9.17, 15) is 4.79 Å². The predicted octanol–water partition coefficient (Wildman–Crippen LogP) is 5.33. The molecule has 0 bridgehead atoms. The molecule has 3 aromatic rings. The Labute approximate surface area is 167 Å². The Morgan fingerprint density at radius 2 is 1.48 bits per heavy atom. The largest absolute Gasteiger partial charge is 0.478 e. The van der Waals surface area contributed by atoms with E-state index >= 15 is 0 Å². The number of para-hydroxylation sites is 2. The quantitative estimate of drug-likeness (QED) is 0.523. The van der Waals surface area contributed by atoms with Crippen molar-refractivity contribution in [1.82, 2.24) is 0 Å². The van der Waals surface area contributed by atoms with Crippen LogP contribution in [0.2, 0.25) is 0 Å². The first-order chi connectivity index (χ1) is 13.2. The molecule has 4 rings (SSSR count). The van der Waals surface area contributed by atoms with Crippen LogP contribution in [0.5, 0.6) is 5.75 Å². The molecule has 1 fully saturated rings. The van der Waals surface area contributed by atoms with Crippen LogP contribution in [0.25, 0.3) is 6.08 Å². The number of benzene rings is 3. The van der Waals surface area contributed by atoms with Crippen LogP contribution in [0, 0.1) is 0 Å². The molecule has 1 aliphatic rings. The molecule has 134 valence electrons. The molecule has 1 amide bonds. The van der Waals surface area contributed by atoms with E-state index in [0.717, 1.165) is 15.7 Å². The maximum atomic E-state index is 12.9. The zero-order valence-electron chi connectivity index (χ0n) is 14.5. The van der Waals surface area contributed by atoms with Crippen LogP contribution < -0.4 is 9.64 Å². The van der Waals surface area contributed by atoms with Crippen molar-refractivity contribution in [3.8, 4) is 5.75 Å². The highest BCUT2D eigenvalue weighted by Gasteiger charge is 2.49. The number of rotatable bonds is 5. The second-order valence-corrected chi connectivity index (χ2v) is 7.13. The number of β-lactam (4-membered cyclic amide) rings is 1. The fraction of sp³-hybridized carbons (Fsp3) is 0.0870. The SMILES string of the molecule is O=C1[C@H](Oc2ccccc2)[C@H](/C=C/c2ccccc2)N1c1ccccc1Br. The normalized spacial score (nSPS) is 19.1. The van der Waals surface area contributed by atoms with Crippen molar-refractivity contribution in [2.75, 3.05) is 4.90 Å². The summed E-state index contributed by atoms with van der Waals surface area (Å²) in [6, 6.07) is 27.1. The molecule has 0 N–H and O–H groups in total. The van der Waals surface area contributed by atoms with E-state index < -0.39 is 6.10 Å². The van der Waals surface area contributed by atoms with Gasteiger partial charge in [-0.3, -0.25) is 9.69 Å². The van der Waals surface area contributed by atoms with Crippen molar-refractivity contribution in [1.29, 1.82) is 0 Å². The molecule has 1 aliphatic heterocycles. The zero-order chi connectivity index (χ0) is 18.6. The van der Waals surface area contributed by atoms with E-state index in [2.05, 4.69) is 15.9 Å². The van der Waals surface area contributed by atoms with Crippen molar-refractivity contribution in [3.05, 3.63) is 101 Å². The summed E-state index contributed by atoms with van der Waals surface area (Å²) in [6.07, 6.45) is 3.52. The van der Waals surface area contributed by atoms with Crippen LogP contribution in [-0.4, -0.2) is 18.1 Å². The van der Waals surface area contributed by atoms with E-state index in [4.69, 9.17) is 4.74 Å². The summed E-state index contributed by atoms with van der Waals surface area (Å²) in [5.74, 6) is 0.647. The summed E-state index contributed by atoms with van der Waals surface area (Å²) in [5, 5.41) is 0. The lowest BCUT2D eigenvalue weighted by molar-refractivity contribution is -0.133.